The number of aliphatic hydroxyl groups excluding tert-OH is 1. The van der Waals surface area contributed by atoms with E-state index in [4.69, 9.17) is 21.1 Å². The highest BCUT2D eigenvalue weighted by atomic mass is 35.5. The second-order valence-electron chi connectivity index (χ2n) is 10.9. The molecule has 0 aromatic heterocycles. The summed E-state index contributed by atoms with van der Waals surface area (Å²) in [4.78, 5) is 11.9. The van der Waals surface area contributed by atoms with Gasteiger partial charge in [0, 0.05) is 23.5 Å². The first-order valence-electron chi connectivity index (χ1n) is 13.5. The fraction of sp³-hybridized carbons (Fsp3) is 0.633. The lowest BCUT2D eigenvalue weighted by atomic mass is 9.88. The summed E-state index contributed by atoms with van der Waals surface area (Å²) in [5.74, 6) is 1.85. The lowest BCUT2D eigenvalue weighted by Crippen LogP contribution is -2.45. The number of carbonyl (C=O) groups excluding carboxylic acids is 1. The summed E-state index contributed by atoms with van der Waals surface area (Å²) < 4.78 is 11.2. The van der Waals surface area contributed by atoms with Crippen LogP contribution in [0.15, 0.2) is 42.5 Å². The number of allylic oxidation sites excluding steroid dienone is 4. The van der Waals surface area contributed by atoms with Crippen molar-refractivity contribution in [2.24, 2.45) is 17.8 Å². The van der Waals surface area contributed by atoms with Crippen molar-refractivity contribution >= 4 is 17.6 Å². The van der Waals surface area contributed by atoms with Crippen LogP contribution in [-0.2, 0) is 20.7 Å². The Morgan fingerprint density at radius 1 is 1.19 bits per heavy atom. The average Bonchev–Trinajstić information content (AvgIpc) is 3.24. The Hall–Kier alpha value is -1.66. The summed E-state index contributed by atoms with van der Waals surface area (Å²) >= 11 is 6.49. The minimum Gasteiger partial charge on any atom is -0.466 e. The van der Waals surface area contributed by atoms with Crippen LogP contribution in [0.2, 0.25) is 5.02 Å². The number of ether oxygens (including phenoxy) is 2. The molecule has 2 unspecified atom stereocenters. The van der Waals surface area contributed by atoms with Crippen LogP contribution >= 0.6 is 11.6 Å². The molecule has 2 aliphatic rings. The number of hydrogen-bond acceptors (Lipinski definition) is 5. The van der Waals surface area contributed by atoms with E-state index in [1.165, 1.54) is 12.8 Å². The van der Waals surface area contributed by atoms with Crippen LogP contribution in [0.3, 0.4) is 0 Å². The SMILES string of the molecule is CCOC(=O)CCc1c(Cl)cccc1[C@@H](CC)OC[C@H](O)CNC(C)(C)CC1CC2C=CC=CC2C1. The van der Waals surface area contributed by atoms with Crippen molar-refractivity contribution in [2.75, 3.05) is 19.8 Å². The second-order valence-corrected chi connectivity index (χ2v) is 11.3. The Labute approximate surface area is 222 Å². The monoisotopic (exact) mass is 517 g/mol. The maximum Gasteiger partial charge on any atom is 0.306 e. The summed E-state index contributed by atoms with van der Waals surface area (Å²) in [5.41, 5.74) is 1.83. The average molecular weight is 518 g/mol. The van der Waals surface area contributed by atoms with E-state index in [2.05, 4.69) is 50.4 Å². The van der Waals surface area contributed by atoms with Gasteiger partial charge in [0.1, 0.15) is 0 Å². The summed E-state index contributed by atoms with van der Waals surface area (Å²) in [5, 5.41) is 14.9. The Morgan fingerprint density at radius 2 is 1.89 bits per heavy atom. The molecule has 5 nitrogen and oxygen atoms in total. The predicted molar refractivity (Wildman–Crippen MR) is 146 cm³/mol. The largest absolute Gasteiger partial charge is 0.466 e. The smallest absolute Gasteiger partial charge is 0.306 e. The van der Waals surface area contributed by atoms with Gasteiger partial charge in [-0.05, 0) is 87.8 Å². The van der Waals surface area contributed by atoms with E-state index in [9.17, 15) is 9.90 Å². The molecule has 0 aliphatic heterocycles. The van der Waals surface area contributed by atoms with E-state index < -0.39 is 6.10 Å². The van der Waals surface area contributed by atoms with Crippen molar-refractivity contribution in [1.29, 1.82) is 0 Å². The molecule has 0 spiro atoms. The fourth-order valence-corrected chi connectivity index (χ4v) is 6.02. The number of rotatable bonds is 14. The van der Waals surface area contributed by atoms with Crippen molar-refractivity contribution in [2.45, 2.75) is 84.0 Å². The third-order valence-corrected chi connectivity index (χ3v) is 7.81. The van der Waals surface area contributed by atoms with Crippen molar-refractivity contribution in [3.8, 4) is 0 Å². The molecular weight excluding hydrogens is 474 g/mol. The Balaban J connectivity index is 1.49. The molecule has 2 N–H and O–H groups in total. The topological polar surface area (TPSA) is 67.8 Å². The number of nitrogens with one attached hydrogen (secondary N) is 1. The molecule has 2 aliphatic carbocycles. The minimum absolute atomic E-state index is 0.0516. The molecule has 1 saturated carbocycles. The molecule has 1 aromatic rings. The number of β-amino-alcohol motifs (C(OH)–C–C–N with tert-alkyl or cyclic N) is 1. The number of halogens is 1. The van der Waals surface area contributed by atoms with Crippen molar-refractivity contribution in [1.82, 2.24) is 5.32 Å². The first-order chi connectivity index (χ1) is 17.2. The summed E-state index contributed by atoms with van der Waals surface area (Å²) in [7, 11) is 0. The summed E-state index contributed by atoms with van der Waals surface area (Å²) in [6, 6.07) is 5.74. The zero-order valence-electron chi connectivity index (χ0n) is 22.3. The van der Waals surface area contributed by atoms with E-state index in [0.29, 0.717) is 42.3 Å². The zero-order chi connectivity index (χ0) is 26.1. The molecule has 6 heteroatoms. The van der Waals surface area contributed by atoms with Crippen LogP contribution in [0.1, 0.15) is 77.0 Å². The number of carbonyl (C=O) groups is 1. The van der Waals surface area contributed by atoms with Crippen molar-refractivity contribution < 1.29 is 19.4 Å². The molecule has 0 amide bonds. The highest BCUT2D eigenvalue weighted by molar-refractivity contribution is 6.31. The van der Waals surface area contributed by atoms with E-state index in [0.717, 1.165) is 24.0 Å². The zero-order valence-corrected chi connectivity index (χ0v) is 23.1. The number of esters is 1. The number of aliphatic hydroxyl groups is 1. The standard InChI is InChI=1S/C30H44ClNO4/c1-5-28(26-12-9-13-27(31)25(26)14-15-29(34)35-6-2)36-20-24(33)19-32-30(3,4)18-21-16-22-10-7-8-11-23(22)17-21/h7-13,21-24,28,32-33H,5-6,14-20H2,1-4H3/t21?,22?,23?,24-,28-/m1/s1. The third-order valence-electron chi connectivity index (χ3n) is 7.45. The fourth-order valence-electron chi connectivity index (χ4n) is 5.74. The highest BCUT2D eigenvalue weighted by Crippen LogP contribution is 2.43. The van der Waals surface area contributed by atoms with Gasteiger partial charge in [0.05, 0.1) is 25.4 Å². The third kappa shape index (κ3) is 8.44. The van der Waals surface area contributed by atoms with Crippen LogP contribution in [0.25, 0.3) is 0 Å². The lowest BCUT2D eigenvalue weighted by molar-refractivity contribution is -0.143. The molecule has 0 radical (unpaired) electrons. The molecule has 0 saturated heterocycles. The van der Waals surface area contributed by atoms with Gasteiger partial charge in [0.15, 0.2) is 0 Å². The molecule has 1 fully saturated rings. The van der Waals surface area contributed by atoms with Gasteiger partial charge in [-0.2, -0.15) is 0 Å². The summed E-state index contributed by atoms with van der Waals surface area (Å²) in [6.45, 7) is 9.39. The lowest BCUT2D eigenvalue weighted by Gasteiger charge is -2.31. The Kier molecular flexibility index (Phi) is 11.0. The molecular formula is C30H44ClNO4. The Morgan fingerprint density at radius 3 is 2.53 bits per heavy atom. The summed E-state index contributed by atoms with van der Waals surface area (Å²) in [6.07, 6.45) is 13.4. The van der Waals surface area contributed by atoms with E-state index in [1.807, 2.05) is 18.2 Å². The molecule has 36 heavy (non-hydrogen) atoms. The number of benzene rings is 1. The van der Waals surface area contributed by atoms with Crippen molar-refractivity contribution in [3.05, 3.63) is 58.7 Å². The molecule has 3 rings (SSSR count). The van der Waals surface area contributed by atoms with Gasteiger partial charge in [0.2, 0.25) is 0 Å². The van der Waals surface area contributed by atoms with Gasteiger partial charge in [-0.3, -0.25) is 4.79 Å². The molecule has 200 valence electrons. The highest BCUT2D eigenvalue weighted by Gasteiger charge is 2.35. The van der Waals surface area contributed by atoms with E-state index in [1.54, 1.807) is 6.92 Å². The second kappa shape index (κ2) is 13.8. The first kappa shape index (κ1) is 28.9. The maximum atomic E-state index is 11.9. The number of fused-ring (bicyclic) bond motifs is 1. The van der Waals surface area contributed by atoms with Gasteiger partial charge in [0.25, 0.3) is 0 Å². The molecule has 4 atom stereocenters. The van der Waals surface area contributed by atoms with Crippen LogP contribution in [0, 0.1) is 17.8 Å². The van der Waals surface area contributed by atoms with Crippen LogP contribution in [-0.4, -0.2) is 42.5 Å². The van der Waals surface area contributed by atoms with Gasteiger partial charge < -0.3 is 19.9 Å². The van der Waals surface area contributed by atoms with Crippen LogP contribution in [0.5, 0.6) is 0 Å². The van der Waals surface area contributed by atoms with E-state index >= 15 is 0 Å². The maximum absolute atomic E-state index is 11.9. The quantitative estimate of drug-likeness (QED) is 0.288. The Bertz CT molecular complexity index is 892. The molecule has 0 bridgehead atoms. The van der Waals surface area contributed by atoms with Crippen molar-refractivity contribution in [3.63, 3.8) is 0 Å². The molecule has 1 aromatic carbocycles. The predicted octanol–water partition coefficient (Wildman–Crippen LogP) is 6.19. The van der Waals surface area contributed by atoms with E-state index in [-0.39, 0.29) is 30.6 Å². The minimum atomic E-state index is -0.613. The normalized spacial score (nSPS) is 22.9. The van der Waals surface area contributed by atoms with Gasteiger partial charge in [-0.15, -0.1) is 0 Å². The van der Waals surface area contributed by atoms with Gasteiger partial charge in [-0.1, -0.05) is 55.0 Å². The van der Waals surface area contributed by atoms with Crippen LogP contribution < -0.4 is 5.32 Å². The van der Waals surface area contributed by atoms with Gasteiger partial charge in [-0.25, -0.2) is 0 Å². The van der Waals surface area contributed by atoms with Crippen LogP contribution in [0.4, 0.5) is 0 Å². The van der Waals surface area contributed by atoms with Gasteiger partial charge >= 0.3 is 5.97 Å². The molecule has 0 heterocycles. The first-order valence-corrected chi connectivity index (χ1v) is 13.9. The number of hydrogen-bond donors (Lipinski definition) is 2.